The zero-order valence-corrected chi connectivity index (χ0v) is 15.2. The standard InChI is InChI=1S/C21H26FN3O/c1-23-20(24-15-17-6-3-2-4-7-17)25-16-21(10-12-26-13-11-21)18-8-5-9-19(22)14-18/h2-9,14H,10-13,15-16H2,1H3,(H2,23,24,25). The van der Waals surface area contributed by atoms with Crippen LogP contribution in [0.5, 0.6) is 0 Å². The Labute approximate surface area is 154 Å². The number of guanidine groups is 1. The van der Waals surface area contributed by atoms with Gasteiger partial charge < -0.3 is 15.4 Å². The lowest BCUT2D eigenvalue weighted by Gasteiger charge is -2.38. The molecule has 138 valence electrons. The zero-order valence-electron chi connectivity index (χ0n) is 15.2. The van der Waals surface area contributed by atoms with Crippen LogP contribution in [0.3, 0.4) is 0 Å². The first kappa shape index (κ1) is 18.4. The Hall–Kier alpha value is -2.40. The molecule has 4 nitrogen and oxygen atoms in total. The van der Waals surface area contributed by atoms with Gasteiger partial charge in [0.15, 0.2) is 5.96 Å². The van der Waals surface area contributed by atoms with Crippen LogP contribution in [0.1, 0.15) is 24.0 Å². The van der Waals surface area contributed by atoms with E-state index in [4.69, 9.17) is 4.74 Å². The SMILES string of the molecule is CN=C(NCc1ccccc1)NCC1(c2cccc(F)c2)CCOCC1. The summed E-state index contributed by atoms with van der Waals surface area (Å²) in [7, 11) is 1.76. The number of nitrogens with one attached hydrogen (secondary N) is 2. The summed E-state index contributed by atoms with van der Waals surface area (Å²) in [6, 6.07) is 17.1. The van der Waals surface area contributed by atoms with Crippen LogP contribution >= 0.6 is 0 Å². The molecule has 5 heteroatoms. The van der Waals surface area contributed by atoms with E-state index in [2.05, 4.69) is 27.8 Å². The van der Waals surface area contributed by atoms with Crippen molar-refractivity contribution in [2.75, 3.05) is 26.8 Å². The summed E-state index contributed by atoms with van der Waals surface area (Å²) in [4.78, 5) is 4.32. The number of aliphatic imine (C=N–C) groups is 1. The van der Waals surface area contributed by atoms with Gasteiger partial charge in [0.1, 0.15) is 5.82 Å². The first-order valence-electron chi connectivity index (χ1n) is 9.04. The van der Waals surface area contributed by atoms with Gasteiger partial charge in [0, 0.05) is 38.8 Å². The molecule has 2 N–H and O–H groups in total. The van der Waals surface area contributed by atoms with Gasteiger partial charge in [0.25, 0.3) is 0 Å². The summed E-state index contributed by atoms with van der Waals surface area (Å²) in [5, 5.41) is 6.77. The Kier molecular flexibility index (Phi) is 6.23. The Morgan fingerprint density at radius 3 is 2.54 bits per heavy atom. The van der Waals surface area contributed by atoms with Crippen molar-refractivity contribution in [3.8, 4) is 0 Å². The lowest BCUT2D eigenvalue weighted by molar-refractivity contribution is 0.0513. The van der Waals surface area contributed by atoms with Crippen molar-refractivity contribution in [2.24, 2.45) is 4.99 Å². The molecule has 0 unspecified atom stereocenters. The fraction of sp³-hybridized carbons (Fsp3) is 0.381. The second-order valence-corrected chi connectivity index (χ2v) is 6.67. The van der Waals surface area contributed by atoms with Crippen LogP contribution in [-0.2, 0) is 16.7 Å². The third kappa shape index (κ3) is 4.61. The fourth-order valence-corrected chi connectivity index (χ4v) is 3.40. The van der Waals surface area contributed by atoms with Crippen LogP contribution in [0.25, 0.3) is 0 Å². The van der Waals surface area contributed by atoms with Gasteiger partial charge in [-0.15, -0.1) is 0 Å². The molecule has 1 aliphatic rings. The first-order chi connectivity index (χ1) is 12.7. The van der Waals surface area contributed by atoms with E-state index in [-0.39, 0.29) is 11.2 Å². The highest BCUT2D eigenvalue weighted by Gasteiger charge is 2.34. The number of halogens is 1. The fourth-order valence-electron chi connectivity index (χ4n) is 3.40. The molecule has 0 atom stereocenters. The van der Waals surface area contributed by atoms with Crippen molar-refractivity contribution >= 4 is 5.96 Å². The highest BCUT2D eigenvalue weighted by atomic mass is 19.1. The summed E-state index contributed by atoms with van der Waals surface area (Å²) in [5.41, 5.74) is 2.07. The quantitative estimate of drug-likeness (QED) is 0.639. The normalized spacial score (nSPS) is 16.9. The van der Waals surface area contributed by atoms with Crippen LogP contribution in [0.2, 0.25) is 0 Å². The van der Waals surface area contributed by atoms with Crippen molar-refractivity contribution < 1.29 is 9.13 Å². The van der Waals surface area contributed by atoms with Gasteiger partial charge in [-0.1, -0.05) is 42.5 Å². The second kappa shape index (κ2) is 8.81. The summed E-state index contributed by atoms with van der Waals surface area (Å²) in [6.07, 6.45) is 1.72. The predicted octanol–water partition coefficient (Wildman–Crippen LogP) is 3.24. The smallest absolute Gasteiger partial charge is 0.191 e. The van der Waals surface area contributed by atoms with Crippen molar-refractivity contribution in [1.29, 1.82) is 0 Å². The minimum Gasteiger partial charge on any atom is -0.381 e. The molecule has 0 spiro atoms. The van der Waals surface area contributed by atoms with E-state index < -0.39 is 0 Å². The Balaban J connectivity index is 1.67. The molecule has 3 rings (SSSR count). The lowest BCUT2D eigenvalue weighted by atomic mass is 9.74. The number of nitrogens with zero attached hydrogens (tertiary/aromatic N) is 1. The van der Waals surface area contributed by atoms with Gasteiger partial charge in [-0.3, -0.25) is 4.99 Å². The molecule has 1 heterocycles. The highest BCUT2D eigenvalue weighted by Crippen LogP contribution is 2.34. The Morgan fingerprint density at radius 1 is 1.08 bits per heavy atom. The molecule has 0 aliphatic carbocycles. The van der Waals surface area contributed by atoms with E-state index in [0.717, 1.165) is 24.4 Å². The van der Waals surface area contributed by atoms with Crippen LogP contribution in [-0.4, -0.2) is 32.8 Å². The third-order valence-corrected chi connectivity index (χ3v) is 5.01. The molecule has 1 saturated heterocycles. The van der Waals surface area contributed by atoms with E-state index in [9.17, 15) is 4.39 Å². The van der Waals surface area contributed by atoms with E-state index >= 15 is 0 Å². The summed E-state index contributed by atoms with van der Waals surface area (Å²) in [6.45, 7) is 2.77. The Morgan fingerprint density at radius 2 is 1.85 bits per heavy atom. The minimum absolute atomic E-state index is 0.148. The average Bonchev–Trinajstić information content (AvgIpc) is 2.69. The molecule has 2 aromatic rings. The maximum Gasteiger partial charge on any atom is 0.191 e. The van der Waals surface area contributed by atoms with Crippen LogP contribution in [0, 0.1) is 5.82 Å². The number of benzene rings is 2. The van der Waals surface area contributed by atoms with E-state index in [0.29, 0.717) is 26.3 Å². The first-order valence-corrected chi connectivity index (χ1v) is 9.04. The number of hydrogen-bond acceptors (Lipinski definition) is 2. The van der Waals surface area contributed by atoms with E-state index in [1.807, 2.05) is 24.3 Å². The molecule has 2 aromatic carbocycles. The van der Waals surface area contributed by atoms with Crippen LogP contribution in [0.15, 0.2) is 59.6 Å². The van der Waals surface area contributed by atoms with Crippen molar-refractivity contribution in [1.82, 2.24) is 10.6 Å². The van der Waals surface area contributed by atoms with Crippen molar-refractivity contribution in [2.45, 2.75) is 24.8 Å². The van der Waals surface area contributed by atoms with Gasteiger partial charge in [-0.25, -0.2) is 4.39 Å². The molecule has 0 aromatic heterocycles. The number of rotatable bonds is 5. The van der Waals surface area contributed by atoms with Crippen LogP contribution < -0.4 is 10.6 Å². The van der Waals surface area contributed by atoms with Gasteiger partial charge >= 0.3 is 0 Å². The maximum atomic E-state index is 13.8. The molecular formula is C21H26FN3O. The van der Waals surface area contributed by atoms with Gasteiger partial charge in [0.2, 0.25) is 0 Å². The van der Waals surface area contributed by atoms with Crippen molar-refractivity contribution in [3.63, 3.8) is 0 Å². The molecule has 1 aliphatic heterocycles. The molecule has 0 bridgehead atoms. The van der Waals surface area contributed by atoms with Gasteiger partial charge in [-0.2, -0.15) is 0 Å². The summed E-state index contributed by atoms with van der Waals surface area (Å²) >= 11 is 0. The topological polar surface area (TPSA) is 45.7 Å². The maximum absolute atomic E-state index is 13.8. The minimum atomic E-state index is -0.194. The molecular weight excluding hydrogens is 329 g/mol. The summed E-state index contributed by atoms with van der Waals surface area (Å²) in [5.74, 6) is 0.552. The molecule has 1 fully saturated rings. The van der Waals surface area contributed by atoms with Gasteiger partial charge in [0.05, 0.1) is 0 Å². The Bertz CT molecular complexity index is 727. The number of ether oxygens (including phenoxy) is 1. The molecule has 0 amide bonds. The summed E-state index contributed by atoms with van der Waals surface area (Å²) < 4.78 is 19.3. The zero-order chi connectivity index (χ0) is 18.2. The predicted molar refractivity (Wildman–Crippen MR) is 103 cm³/mol. The molecule has 26 heavy (non-hydrogen) atoms. The lowest BCUT2D eigenvalue weighted by Crippen LogP contribution is -2.48. The van der Waals surface area contributed by atoms with Gasteiger partial charge in [-0.05, 0) is 36.1 Å². The van der Waals surface area contributed by atoms with Crippen LogP contribution in [0.4, 0.5) is 4.39 Å². The number of hydrogen-bond donors (Lipinski definition) is 2. The average molecular weight is 355 g/mol. The van der Waals surface area contributed by atoms with E-state index in [1.165, 1.54) is 11.6 Å². The monoisotopic (exact) mass is 355 g/mol. The molecule has 0 radical (unpaired) electrons. The highest BCUT2D eigenvalue weighted by molar-refractivity contribution is 5.79. The largest absolute Gasteiger partial charge is 0.381 e. The third-order valence-electron chi connectivity index (χ3n) is 5.01. The van der Waals surface area contributed by atoms with Crippen molar-refractivity contribution in [3.05, 3.63) is 71.5 Å². The second-order valence-electron chi connectivity index (χ2n) is 6.67. The van der Waals surface area contributed by atoms with E-state index in [1.54, 1.807) is 19.2 Å². The molecule has 0 saturated carbocycles.